The molecule has 1 saturated carbocycles. The van der Waals surface area contributed by atoms with E-state index in [0.717, 1.165) is 50.0 Å². The van der Waals surface area contributed by atoms with Crippen molar-refractivity contribution in [1.29, 1.82) is 0 Å². The average Bonchev–Trinajstić information content (AvgIpc) is 2.62. The predicted octanol–water partition coefficient (Wildman–Crippen LogP) is 3.21. The van der Waals surface area contributed by atoms with Gasteiger partial charge in [-0.2, -0.15) is 0 Å². The largest absolute Gasteiger partial charge is 0.469 e. The molecule has 1 aromatic rings. The first-order valence-corrected chi connectivity index (χ1v) is 9.13. The van der Waals surface area contributed by atoms with Crippen LogP contribution in [-0.2, 0) is 14.3 Å². The normalized spacial score (nSPS) is 29.2. The molecule has 1 aliphatic heterocycles. The molecule has 0 bridgehead atoms. The highest BCUT2D eigenvalue weighted by Gasteiger charge is 2.38. The van der Waals surface area contributed by atoms with Gasteiger partial charge < -0.3 is 9.47 Å². The molecule has 2 fully saturated rings. The first-order chi connectivity index (χ1) is 11.2. The minimum atomic E-state index is -0.0710. The Morgan fingerprint density at radius 3 is 2.57 bits per heavy atom. The molecule has 126 valence electrons. The first kappa shape index (κ1) is 16.9. The molecule has 0 amide bonds. The Morgan fingerprint density at radius 1 is 1.22 bits per heavy atom. The van der Waals surface area contributed by atoms with Crippen LogP contribution in [0.25, 0.3) is 0 Å². The van der Waals surface area contributed by atoms with Crippen molar-refractivity contribution in [3.8, 4) is 0 Å². The second kappa shape index (κ2) is 7.77. The van der Waals surface area contributed by atoms with Gasteiger partial charge in [0.25, 0.3) is 0 Å². The third-order valence-electron chi connectivity index (χ3n) is 5.19. The van der Waals surface area contributed by atoms with Crippen LogP contribution in [0.2, 0.25) is 0 Å². The van der Waals surface area contributed by atoms with Gasteiger partial charge in [-0.25, -0.2) is 0 Å². The lowest BCUT2D eigenvalue weighted by atomic mass is 9.73. The third kappa shape index (κ3) is 3.95. The number of halogens is 1. The number of esters is 1. The van der Waals surface area contributed by atoms with E-state index < -0.39 is 0 Å². The Morgan fingerprint density at radius 2 is 1.91 bits per heavy atom. The number of morpholine rings is 1. The number of rotatable bonds is 3. The molecule has 0 unspecified atom stereocenters. The highest BCUT2D eigenvalue weighted by Crippen LogP contribution is 2.40. The summed E-state index contributed by atoms with van der Waals surface area (Å²) in [5.41, 5.74) is 1.24. The average molecular weight is 382 g/mol. The Bertz CT molecular complexity index is 528. The van der Waals surface area contributed by atoms with Gasteiger partial charge in [0.15, 0.2) is 0 Å². The molecule has 23 heavy (non-hydrogen) atoms. The van der Waals surface area contributed by atoms with Gasteiger partial charge in [-0.1, -0.05) is 28.1 Å². The molecule has 1 aliphatic carbocycles. The lowest BCUT2D eigenvalue weighted by Crippen LogP contribution is -2.47. The maximum Gasteiger partial charge on any atom is 0.309 e. The summed E-state index contributed by atoms with van der Waals surface area (Å²) in [4.78, 5) is 14.8. The minimum Gasteiger partial charge on any atom is -0.469 e. The molecule has 4 nitrogen and oxygen atoms in total. The summed E-state index contributed by atoms with van der Waals surface area (Å²) >= 11 is 3.49. The second-order valence-corrected chi connectivity index (χ2v) is 7.32. The summed E-state index contributed by atoms with van der Waals surface area (Å²) < 4.78 is 11.6. The Balaban J connectivity index is 1.79. The van der Waals surface area contributed by atoms with Crippen LogP contribution in [0.15, 0.2) is 28.7 Å². The van der Waals surface area contributed by atoms with Crippen molar-refractivity contribution in [2.45, 2.75) is 31.2 Å². The monoisotopic (exact) mass is 381 g/mol. The first-order valence-electron chi connectivity index (χ1n) is 8.34. The van der Waals surface area contributed by atoms with Crippen LogP contribution >= 0.6 is 15.9 Å². The van der Waals surface area contributed by atoms with Crippen molar-refractivity contribution in [2.24, 2.45) is 5.92 Å². The number of ether oxygens (including phenoxy) is 2. The Hall–Kier alpha value is -0.910. The zero-order valence-electron chi connectivity index (χ0n) is 13.5. The zero-order chi connectivity index (χ0) is 16.2. The van der Waals surface area contributed by atoms with Crippen molar-refractivity contribution in [3.05, 3.63) is 34.3 Å². The van der Waals surface area contributed by atoms with Gasteiger partial charge in [0.1, 0.15) is 0 Å². The topological polar surface area (TPSA) is 38.8 Å². The van der Waals surface area contributed by atoms with E-state index in [0.29, 0.717) is 6.04 Å². The Labute approximate surface area is 146 Å². The van der Waals surface area contributed by atoms with Crippen LogP contribution in [0.5, 0.6) is 0 Å². The molecule has 5 heteroatoms. The standard InChI is InChI=1S/C18H24BrNO3/c1-22-18(21)16-7-6-15(20-8-10-23-11-9-20)12-17(16)13-2-4-14(19)5-3-13/h2-5,15-17H,6-12H2,1H3/t15-,16-,17+/m1/s1. The van der Waals surface area contributed by atoms with Crippen molar-refractivity contribution < 1.29 is 14.3 Å². The maximum atomic E-state index is 12.2. The summed E-state index contributed by atoms with van der Waals surface area (Å²) in [7, 11) is 1.50. The van der Waals surface area contributed by atoms with E-state index in [9.17, 15) is 4.79 Å². The molecule has 3 rings (SSSR count). The fourth-order valence-corrected chi connectivity index (χ4v) is 4.20. The smallest absolute Gasteiger partial charge is 0.309 e. The lowest BCUT2D eigenvalue weighted by molar-refractivity contribution is -0.148. The Kier molecular flexibility index (Phi) is 5.72. The van der Waals surface area contributed by atoms with E-state index in [1.807, 2.05) is 0 Å². The van der Waals surface area contributed by atoms with Gasteiger partial charge in [0.2, 0.25) is 0 Å². The van der Waals surface area contributed by atoms with E-state index in [1.165, 1.54) is 12.7 Å². The van der Waals surface area contributed by atoms with Crippen LogP contribution < -0.4 is 0 Å². The second-order valence-electron chi connectivity index (χ2n) is 6.40. The SMILES string of the molecule is COC(=O)[C@@H]1CC[C@@H](N2CCOCC2)C[C@H]1c1ccc(Br)cc1. The predicted molar refractivity (Wildman–Crippen MR) is 92.4 cm³/mol. The number of carbonyl (C=O) groups excluding carboxylic acids is 1. The van der Waals surface area contributed by atoms with Gasteiger partial charge in [0.05, 0.1) is 26.2 Å². The number of hydrogen-bond donors (Lipinski definition) is 0. The quantitative estimate of drug-likeness (QED) is 0.753. The molecule has 0 N–H and O–H groups in total. The van der Waals surface area contributed by atoms with Gasteiger partial charge in [0, 0.05) is 23.6 Å². The number of hydrogen-bond acceptors (Lipinski definition) is 4. The van der Waals surface area contributed by atoms with Crippen molar-refractivity contribution in [2.75, 3.05) is 33.4 Å². The van der Waals surface area contributed by atoms with Crippen molar-refractivity contribution >= 4 is 21.9 Å². The molecular weight excluding hydrogens is 358 g/mol. The van der Waals surface area contributed by atoms with E-state index in [1.54, 1.807) is 0 Å². The molecule has 0 radical (unpaired) electrons. The van der Waals surface area contributed by atoms with Crippen molar-refractivity contribution in [3.63, 3.8) is 0 Å². The highest BCUT2D eigenvalue weighted by molar-refractivity contribution is 9.10. The summed E-state index contributed by atoms with van der Waals surface area (Å²) in [6, 6.07) is 8.91. The minimum absolute atomic E-state index is 0.0292. The zero-order valence-corrected chi connectivity index (χ0v) is 15.1. The maximum absolute atomic E-state index is 12.2. The molecule has 0 spiro atoms. The molecule has 3 atom stereocenters. The van der Waals surface area contributed by atoms with E-state index in [2.05, 4.69) is 45.1 Å². The summed E-state index contributed by atoms with van der Waals surface area (Å²) in [5, 5.41) is 0. The third-order valence-corrected chi connectivity index (χ3v) is 5.72. The highest BCUT2D eigenvalue weighted by atomic mass is 79.9. The van der Waals surface area contributed by atoms with Crippen LogP contribution in [-0.4, -0.2) is 50.3 Å². The van der Waals surface area contributed by atoms with Crippen LogP contribution in [0.4, 0.5) is 0 Å². The molecular formula is C18H24BrNO3. The summed E-state index contributed by atoms with van der Waals surface area (Å²) in [6.45, 7) is 3.64. The van der Waals surface area contributed by atoms with Crippen molar-refractivity contribution in [1.82, 2.24) is 4.90 Å². The van der Waals surface area contributed by atoms with Crippen LogP contribution in [0, 0.1) is 5.92 Å². The molecule has 1 aromatic carbocycles. The number of methoxy groups -OCH3 is 1. The molecule has 0 aromatic heterocycles. The molecule has 2 aliphatic rings. The van der Waals surface area contributed by atoms with Gasteiger partial charge in [-0.15, -0.1) is 0 Å². The number of carbonyl (C=O) groups is 1. The molecule has 1 saturated heterocycles. The summed E-state index contributed by atoms with van der Waals surface area (Å²) in [5.74, 6) is 0.133. The van der Waals surface area contributed by atoms with E-state index >= 15 is 0 Å². The van der Waals surface area contributed by atoms with E-state index in [4.69, 9.17) is 9.47 Å². The number of benzene rings is 1. The van der Waals surface area contributed by atoms with Crippen LogP contribution in [0.1, 0.15) is 30.7 Å². The lowest BCUT2D eigenvalue weighted by Gasteiger charge is -2.42. The van der Waals surface area contributed by atoms with Gasteiger partial charge in [-0.05, 0) is 42.9 Å². The fourth-order valence-electron chi connectivity index (χ4n) is 3.93. The molecule has 1 heterocycles. The van der Waals surface area contributed by atoms with Crippen LogP contribution in [0.3, 0.4) is 0 Å². The van der Waals surface area contributed by atoms with E-state index in [-0.39, 0.29) is 17.8 Å². The fraction of sp³-hybridized carbons (Fsp3) is 0.611. The van der Waals surface area contributed by atoms with Gasteiger partial charge >= 0.3 is 5.97 Å². The van der Waals surface area contributed by atoms with Gasteiger partial charge in [-0.3, -0.25) is 9.69 Å². The number of nitrogens with zero attached hydrogens (tertiary/aromatic N) is 1. The summed E-state index contributed by atoms with van der Waals surface area (Å²) in [6.07, 6.45) is 2.98.